The number of pyridine rings is 2. The zero-order valence-corrected chi connectivity index (χ0v) is 18.5. The van der Waals surface area contributed by atoms with Gasteiger partial charge in [-0.05, 0) is 37.5 Å². The summed E-state index contributed by atoms with van der Waals surface area (Å²) in [4.78, 5) is 24.7. The second kappa shape index (κ2) is 8.58. The number of nitrogens with one attached hydrogen (secondary N) is 1. The zero-order valence-electron chi connectivity index (χ0n) is 17.0. The topological polar surface area (TPSA) is 95.5 Å². The summed E-state index contributed by atoms with van der Waals surface area (Å²) in [6.45, 7) is 1.85. The predicted octanol–water partition coefficient (Wildman–Crippen LogP) is 2.35. The molecule has 0 aromatic carbocycles. The first kappa shape index (κ1) is 21.8. The summed E-state index contributed by atoms with van der Waals surface area (Å²) < 4.78 is 37.2. The van der Waals surface area contributed by atoms with Gasteiger partial charge in [0.2, 0.25) is 5.91 Å². The molecule has 2 aliphatic rings. The molecule has 2 aliphatic heterocycles. The maximum Gasteiger partial charge on any atom is 0.245 e. The van der Waals surface area contributed by atoms with Crippen molar-refractivity contribution in [2.24, 2.45) is 0 Å². The molecule has 1 amide bonds. The number of hydrogen-bond acceptors (Lipinski definition) is 7. The van der Waals surface area contributed by atoms with Gasteiger partial charge in [0.15, 0.2) is 26.5 Å². The fourth-order valence-electron chi connectivity index (χ4n) is 4.11. The van der Waals surface area contributed by atoms with Crippen LogP contribution in [-0.4, -0.2) is 67.2 Å². The van der Waals surface area contributed by atoms with Gasteiger partial charge < -0.3 is 15.1 Å². The minimum Gasteiger partial charge on any atom is -0.372 e. The molecule has 4 rings (SSSR count). The van der Waals surface area contributed by atoms with Gasteiger partial charge >= 0.3 is 0 Å². The Morgan fingerprint density at radius 2 is 1.87 bits per heavy atom. The van der Waals surface area contributed by atoms with Crippen molar-refractivity contribution in [3.8, 4) is 0 Å². The van der Waals surface area contributed by atoms with E-state index >= 15 is 0 Å². The monoisotopic (exact) mass is 467 g/mol. The van der Waals surface area contributed by atoms with E-state index in [0.29, 0.717) is 37.6 Å². The molecule has 2 fully saturated rings. The first-order valence-corrected chi connectivity index (χ1v) is 12.3. The van der Waals surface area contributed by atoms with Gasteiger partial charge in [-0.25, -0.2) is 22.8 Å². The Balaban J connectivity index is 1.34. The standard InChI is InChI=1S/C20H23ClFN5O3S/c1-31(29,30)18-3-2-14(12-23-18)25-17-6-9-27(20(17)28)15-4-7-26(8-5-15)19-16(22)10-13(21)11-24-19/h2-3,10-12,15,17,25H,4-9H2,1H3. The number of nitrogens with zero attached hydrogens (tertiary/aromatic N) is 4. The first-order chi connectivity index (χ1) is 14.7. The van der Waals surface area contributed by atoms with Crippen LogP contribution in [0.1, 0.15) is 19.3 Å². The Kier molecular flexibility index (Phi) is 6.02. The lowest BCUT2D eigenvalue weighted by atomic mass is 10.0. The number of hydrogen-bond donors (Lipinski definition) is 1. The number of anilines is 2. The van der Waals surface area contributed by atoms with Gasteiger partial charge in [0.1, 0.15) is 6.04 Å². The molecule has 0 bridgehead atoms. The van der Waals surface area contributed by atoms with Gasteiger partial charge in [0.05, 0.1) is 16.9 Å². The van der Waals surface area contributed by atoms with E-state index in [1.807, 2.05) is 9.80 Å². The summed E-state index contributed by atoms with van der Waals surface area (Å²) >= 11 is 5.78. The lowest BCUT2D eigenvalue weighted by molar-refractivity contribution is -0.130. The molecule has 166 valence electrons. The lowest BCUT2D eigenvalue weighted by Crippen LogP contribution is -2.47. The van der Waals surface area contributed by atoms with E-state index in [0.717, 1.165) is 19.1 Å². The van der Waals surface area contributed by atoms with Crippen LogP contribution in [0.5, 0.6) is 0 Å². The molecule has 2 saturated heterocycles. The number of carbonyl (C=O) groups excluding carboxylic acids is 1. The smallest absolute Gasteiger partial charge is 0.245 e. The number of halogens is 2. The maximum atomic E-state index is 14.1. The third-order valence-electron chi connectivity index (χ3n) is 5.69. The first-order valence-electron chi connectivity index (χ1n) is 10.0. The van der Waals surface area contributed by atoms with Crippen LogP contribution in [0.4, 0.5) is 15.9 Å². The number of aromatic nitrogens is 2. The number of likely N-dealkylation sites (tertiary alicyclic amines) is 1. The minimum absolute atomic E-state index is 0.00389. The van der Waals surface area contributed by atoms with Crippen LogP contribution < -0.4 is 10.2 Å². The summed E-state index contributed by atoms with van der Waals surface area (Å²) in [5, 5.41) is 3.41. The summed E-state index contributed by atoms with van der Waals surface area (Å²) in [5.74, 6) is -0.135. The van der Waals surface area contributed by atoms with Crippen LogP contribution in [-0.2, 0) is 14.6 Å². The molecule has 1 atom stereocenters. The molecule has 0 spiro atoms. The largest absolute Gasteiger partial charge is 0.372 e. The molecule has 11 heteroatoms. The lowest BCUT2D eigenvalue weighted by Gasteiger charge is -2.37. The highest BCUT2D eigenvalue weighted by Gasteiger charge is 2.37. The Morgan fingerprint density at radius 1 is 1.13 bits per heavy atom. The van der Waals surface area contributed by atoms with Crippen molar-refractivity contribution in [3.63, 3.8) is 0 Å². The fraction of sp³-hybridized carbons (Fsp3) is 0.450. The minimum atomic E-state index is -3.36. The number of carbonyl (C=O) groups is 1. The zero-order chi connectivity index (χ0) is 22.2. The number of amides is 1. The highest BCUT2D eigenvalue weighted by molar-refractivity contribution is 7.90. The summed E-state index contributed by atoms with van der Waals surface area (Å²) in [6.07, 6.45) is 6.07. The van der Waals surface area contributed by atoms with Gasteiger partial charge in [-0.15, -0.1) is 0 Å². The van der Waals surface area contributed by atoms with Crippen molar-refractivity contribution in [3.05, 3.63) is 41.4 Å². The van der Waals surface area contributed by atoms with Gasteiger partial charge in [0.25, 0.3) is 0 Å². The van der Waals surface area contributed by atoms with Crippen molar-refractivity contribution in [1.82, 2.24) is 14.9 Å². The van der Waals surface area contributed by atoms with Gasteiger partial charge in [-0.3, -0.25) is 4.79 Å². The second-order valence-electron chi connectivity index (χ2n) is 7.85. The van der Waals surface area contributed by atoms with Crippen LogP contribution in [0.2, 0.25) is 5.02 Å². The molecule has 1 unspecified atom stereocenters. The van der Waals surface area contributed by atoms with E-state index in [2.05, 4.69) is 15.3 Å². The van der Waals surface area contributed by atoms with Gasteiger partial charge in [0, 0.05) is 38.1 Å². The molecule has 0 radical (unpaired) electrons. The average Bonchev–Trinajstić information content (AvgIpc) is 3.08. The normalized spacial score (nSPS) is 20.4. The molecule has 2 aromatic heterocycles. The van der Waals surface area contributed by atoms with Crippen LogP contribution in [0.3, 0.4) is 0 Å². The molecule has 2 aromatic rings. The maximum absolute atomic E-state index is 14.1. The van der Waals surface area contributed by atoms with Crippen LogP contribution in [0.15, 0.2) is 35.6 Å². The van der Waals surface area contributed by atoms with Crippen molar-refractivity contribution < 1.29 is 17.6 Å². The van der Waals surface area contributed by atoms with E-state index in [1.165, 1.54) is 24.5 Å². The molecule has 1 N–H and O–H groups in total. The van der Waals surface area contributed by atoms with E-state index in [-0.39, 0.29) is 28.0 Å². The van der Waals surface area contributed by atoms with Crippen LogP contribution in [0, 0.1) is 5.82 Å². The molecule has 31 heavy (non-hydrogen) atoms. The van der Waals surface area contributed by atoms with E-state index in [4.69, 9.17) is 11.6 Å². The number of rotatable bonds is 5. The predicted molar refractivity (Wildman–Crippen MR) is 116 cm³/mol. The summed E-state index contributed by atoms with van der Waals surface area (Å²) in [5.41, 5.74) is 0.603. The van der Waals surface area contributed by atoms with Crippen molar-refractivity contribution in [2.75, 3.05) is 36.1 Å². The molecular formula is C20H23ClFN5O3S. The van der Waals surface area contributed by atoms with Crippen molar-refractivity contribution >= 4 is 38.9 Å². The third-order valence-corrected chi connectivity index (χ3v) is 6.90. The Hall–Kier alpha value is -2.46. The van der Waals surface area contributed by atoms with E-state index in [1.54, 1.807) is 6.07 Å². The van der Waals surface area contributed by atoms with Crippen molar-refractivity contribution in [2.45, 2.75) is 36.4 Å². The Labute approximate surface area is 185 Å². The van der Waals surface area contributed by atoms with E-state index in [9.17, 15) is 17.6 Å². The van der Waals surface area contributed by atoms with Crippen LogP contribution in [0.25, 0.3) is 0 Å². The Bertz CT molecular complexity index is 1070. The highest BCUT2D eigenvalue weighted by atomic mass is 35.5. The summed E-state index contributed by atoms with van der Waals surface area (Å²) in [6, 6.07) is 4.02. The SMILES string of the molecule is CS(=O)(=O)c1ccc(NC2CCN(C3CCN(c4ncc(Cl)cc4F)CC3)C2=O)cn1. The van der Waals surface area contributed by atoms with Crippen molar-refractivity contribution in [1.29, 1.82) is 0 Å². The Morgan fingerprint density at radius 3 is 2.48 bits per heavy atom. The molecule has 8 nitrogen and oxygen atoms in total. The molecular weight excluding hydrogens is 445 g/mol. The average molecular weight is 468 g/mol. The second-order valence-corrected chi connectivity index (χ2v) is 10.3. The van der Waals surface area contributed by atoms with Gasteiger partial charge in [-0.2, -0.15) is 0 Å². The molecule has 4 heterocycles. The highest BCUT2D eigenvalue weighted by Crippen LogP contribution is 2.28. The van der Waals surface area contributed by atoms with Gasteiger partial charge in [-0.1, -0.05) is 11.6 Å². The number of sulfone groups is 1. The fourth-order valence-corrected chi connectivity index (χ4v) is 4.82. The molecule has 0 aliphatic carbocycles. The van der Waals surface area contributed by atoms with Crippen LogP contribution >= 0.6 is 11.6 Å². The summed E-state index contributed by atoms with van der Waals surface area (Å²) in [7, 11) is -3.36. The molecule has 0 saturated carbocycles. The third kappa shape index (κ3) is 4.74. The van der Waals surface area contributed by atoms with E-state index < -0.39 is 15.7 Å². The quantitative estimate of drug-likeness (QED) is 0.721. The number of piperidine rings is 1.